The van der Waals surface area contributed by atoms with Crippen molar-refractivity contribution in [3.63, 3.8) is 0 Å². The summed E-state index contributed by atoms with van der Waals surface area (Å²) >= 11 is 0. The maximum absolute atomic E-state index is 14.0. The standard InChI is InChI=1S/C41H52N6O7/c48-31-18-16-30(17-19-31)27-34-41(53)46-33(26-29-12-4-3-5-13-29)39(51)43-21-11-25-54-36-15-7-6-14-32(36)38(50)45-35(28-37(49)44-34)40(52)42-20-10-24-47-22-8-1-2-9-23-47/h3-7,12-19,33-35,48H,1-2,8-11,20-28H2,(H,42,52)(H,43,51)(H,44,49)(H,45,50)(H,46,53)/t33-,34-,35-/m0/s1. The second kappa shape index (κ2) is 20.7. The average molecular weight is 741 g/mol. The minimum absolute atomic E-state index is 0.0297. The molecular formula is C41H52N6O7. The molecule has 3 aromatic rings. The van der Waals surface area contributed by atoms with Gasteiger partial charge in [0.15, 0.2) is 0 Å². The Kier molecular flexibility index (Phi) is 15.3. The summed E-state index contributed by atoms with van der Waals surface area (Å²) in [5.41, 5.74) is 1.66. The van der Waals surface area contributed by atoms with Crippen LogP contribution >= 0.6 is 0 Å². The van der Waals surface area contributed by atoms with E-state index in [0.29, 0.717) is 30.7 Å². The van der Waals surface area contributed by atoms with E-state index in [2.05, 4.69) is 31.5 Å². The summed E-state index contributed by atoms with van der Waals surface area (Å²) in [5, 5.41) is 24.0. The van der Waals surface area contributed by atoms with Gasteiger partial charge in [0, 0.05) is 25.9 Å². The van der Waals surface area contributed by atoms with Gasteiger partial charge in [-0.25, -0.2) is 0 Å². The van der Waals surface area contributed by atoms with Crippen LogP contribution in [0.4, 0.5) is 0 Å². The Hall–Kier alpha value is -5.43. The first-order valence-corrected chi connectivity index (χ1v) is 19.0. The highest BCUT2D eigenvalue weighted by atomic mass is 16.5. The smallest absolute Gasteiger partial charge is 0.255 e. The lowest BCUT2D eigenvalue weighted by molar-refractivity contribution is -0.133. The molecule has 54 heavy (non-hydrogen) atoms. The van der Waals surface area contributed by atoms with Crippen LogP contribution in [-0.2, 0) is 32.0 Å². The molecule has 0 unspecified atom stereocenters. The predicted molar refractivity (Wildman–Crippen MR) is 204 cm³/mol. The zero-order valence-corrected chi connectivity index (χ0v) is 30.7. The number of para-hydroxylation sites is 1. The number of amides is 5. The van der Waals surface area contributed by atoms with Crippen molar-refractivity contribution < 1.29 is 33.8 Å². The van der Waals surface area contributed by atoms with Gasteiger partial charge < -0.3 is 41.3 Å². The van der Waals surface area contributed by atoms with Crippen molar-refractivity contribution in [1.82, 2.24) is 31.5 Å². The number of carbonyl (C=O) groups is 5. The number of hydrogen-bond acceptors (Lipinski definition) is 8. The van der Waals surface area contributed by atoms with Crippen molar-refractivity contribution in [2.24, 2.45) is 0 Å². The Morgan fingerprint density at radius 1 is 0.759 bits per heavy atom. The van der Waals surface area contributed by atoms with Gasteiger partial charge in [0.2, 0.25) is 23.6 Å². The molecule has 3 atom stereocenters. The summed E-state index contributed by atoms with van der Waals surface area (Å²) in [6, 6.07) is 18.7. The maximum atomic E-state index is 14.0. The first-order valence-electron chi connectivity index (χ1n) is 19.0. The first kappa shape index (κ1) is 39.8. The third-order valence-corrected chi connectivity index (χ3v) is 9.61. The van der Waals surface area contributed by atoms with Gasteiger partial charge in [-0.3, -0.25) is 24.0 Å². The summed E-state index contributed by atoms with van der Waals surface area (Å²) in [4.78, 5) is 71.0. The van der Waals surface area contributed by atoms with Crippen LogP contribution in [0.5, 0.6) is 11.5 Å². The van der Waals surface area contributed by atoms with E-state index in [1.165, 1.54) is 25.0 Å². The number of hydrogen-bond donors (Lipinski definition) is 6. The first-order chi connectivity index (χ1) is 26.2. The highest BCUT2D eigenvalue weighted by Gasteiger charge is 2.31. The number of nitrogens with zero attached hydrogens (tertiary/aromatic N) is 1. The van der Waals surface area contributed by atoms with Crippen LogP contribution in [-0.4, -0.2) is 97.0 Å². The molecule has 288 valence electrons. The van der Waals surface area contributed by atoms with E-state index in [9.17, 15) is 29.1 Å². The molecule has 2 aliphatic rings. The fourth-order valence-corrected chi connectivity index (χ4v) is 6.66. The van der Waals surface area contributed by atoms with Gasteiger partial charge in [0.1, 0.15) is 29.6 Å². The number of nitrogens with one attached hydrogen (secondary N) is 5. The molecule has 0 aromatic heterocycles. The second-order valence-corrected chi connectivity index (χ2v) is 13.9. The van der Waals surface area contributed by atoms with Gasteiger partial charge in [-0.2, -0.15) is 0 Å². The predicted octanol–water partition coefficient (Wildman–Crippen LogP) is 2.62. The van der Waals surface area contributed by atoms with Crippen molar-refractivity contribution in [2.45, 2.75) is 75.9 Å². The molecule has 13 heteroatoms. The molecule has 5 amide bonds. The van der Waals surface area contributed by atoms with E-state index < -0.39 is 54.1 Å². The third kappa shape index (κ3) is 12.6. The lowest BCUT2D eigenvalue weighted by atomic mass is 10.0. The molecule has 0 aliphatic carbocycles. The Bertz CT molecular complexity index is 1700. The van der Waals surface area contributed by atoms with Gasteiger partial charge in [-0.1, -0.05) is 67.4 Å². The van der Waals surface area contributed by atoms with Gasteiger partial charge in [0.05, 0.1) is 18.6 Å². The normalized spacial score (nSPS) is 21.0. The van der Waals surface area contributed by atoms with Gasteiger partial charge >= 0.3 is 0 Å². The molecule has 0 bridgehead atoms. The van der Waals surface area contributed by atoms with Gasteiger partial charge in [-0.15, -0.1) is 0 Å². The lowest BCUT2D eigenvalue weighted by Gasteiger charge is -2.25. The van der Waals surface area contributed by atoms with Crippen LogP contribution in [0.15, 0.2) is 78.9 Å². The molecule has 5 rings (SSSR count). The van der Waals surface area contributed by atoms with Crippen LogP contribution in [0.1, 0.15) is 66.4 Å². The van der Waals surface area contributed by atoms with Crippen molar-refractivity contribution in [2.75, 3.05) is 39.3 Å². The van der Waals surface area contributed by atoms with E-state index >= 15 is 0 Å². The molecule has 0 saturated carbocycles. The van der Waals surface area contributed by atoms with Crippen LogP contribution in [0, 0.1) is 0 Å². The zero-order valence-electron chi connectivity index (χ0n) is 30.7. The fourth-order valence-electron chi connectivity index (χ4n) is 6.66. The highest BCUT2D eigenvalue weighted by Crippen LogP contribution is 2.19. The van der Waals surface area contributed by atoms with Gasteiger partial charge in [0.25, 0.3) is 5.91 Å². The molecule has 13 nitrogen and oxygen atoms in total. The number of ether oxygens (including phenoxy) is 1. The minimum Gasteiger partial charge on any atom is -0.508 e. The number of benzene rings is 3. The van der Waals surface area contributed by atoms with Crippen LogP contribution < -0.4 is 31.3 Å². The van der Waals surface area contributed by atoms with Crippen molar-refractivity contribution in [3.05, 3.63) is 95.6 Å². The summed E-state index contributed by atoms with van der Waals surface area (Å²) < 4.78 is 5.94. The van der Waals surface area contributed by atoms with Crippen LogP contribution in [0.2, 0.25) is 0 Å². The number of phenolic OH excluding ortho intramolecular Hbond substituents is 1. The number of likely N-dealkylation sites (tertiary alicyclic amines) is 1. The maximum Gasteiger partial charge on any atom is 0.255 e. The van der Waals surface area contributed by atoms with E-state index in [4.69, 9.17) is 4.74 Å². The SMILES string of the molecule is O=C1C[C@@H](C(=O)NCCCN2CCCCCC2)NC(=O)c2ccccc2OCCCNC(=O)[C@H](Cc2ccccc2)NC(=O)[C@H](Cc2ccc(O)cc2)N1. The number of phenols is 1. The fraction of sp³-hybridized carbons (Fsp3) is 0.439. The average Bonchev–Trinajstić information content (AvgIpc) is 3.45. The second-order valence-electron chi connectivity index (χ2n) is 13.9. The summed E-state index contributed by atoms with van der Waals surface area (Å²) in [7, 11) is 0. The quantitative estimate of drug-likeness (QED) is 0.182. The monoisotopic (exact) mass is 740 g/mol. The molecule has 1 saturated heterocycles. The third-order valence-electron chi connectivity index (χ3n) is 9.61. The topological polar surface area (TPSA) is 178 Å². The Morgan fingerprint density at radius 2 is 1.43 bits per heavy atom. The highest BCUT2D eigenvalue weighted by molar-refractivity contribution is 6.01. The number of carbonyl (C=O) groups excluding carboxylic acids is 5. The van der Waals surface area contributed by atoms with Crippen LogP contribution in [0.25, 0.3) is 0 Å². The Morgan fingerprint density at radius 3 is 2.17 bits per heavy atom. The van der Waals surface area contributed by atoms with Crippen molar-refractivity contribution in [3.8, 4) is 11.5 Å². The number of rotatable bonds is 9. The molecule has 0 radical (unpaired) electrons. The van der Waals surface area contributed by atoms with Gasteiger partial charge in [-0.05, 0) is 80.7 Å². The lowest BCUT2D eigenvalue weighted by Crippen LogP contribution is -2.56. The summed E-state index contributed by atoms with van der Waals surface area (Å²) in [6.45, 7) is 3.68. The van der Waals surface area contributed by atoms with E-state index in [1.807, 2.05) is 30.3 Å². The molecule has 3 aromatic carbocycles. The Balaban J connectivity index is 1.38. The molecule has 0 spiro atoms. The Labute approximate surface area is 316 Å². The summed E-state index contributed by atoms with van der Waals surface area (Å²) in [5.74, 6) is -2.46. The zero-order chi connectivity index (χ0) is 38.1. The van der Waals surface area contributed by atoms with Crippen LogP contribution in [0.3, 0.4) is 0 Å². The van der Waals surface area contributed by atoms with E-state index in [1.54, 1.807) is 36.4 Å². The molecular weight excluding hydrogens is 688 g/mol. The molecule has 2 heterocycles. The number of fused-ring (bicyclic) bond motifs is 1. The molecule has 6 N–H and O–H groups in total. The van der Waals surface area contributed by atoms with Crippen molar-refractivity contribution in [1.29, 1.82) is 0 Å². The molecule has 2 aliphatic heterocycles. The summed E-state index contributed by atoms with van der Waals surface area (Å²) in [6.07, 6.45) is 5.67. The number of aromatic hydroxyl groups is 1. The van der Waals surface area contributed by atoms with E-state index in [0.717, 1.165) is 38.0 Å². The van der Waals surface area contributed by atoms with E-state index in [-0.39, 0.29) is 37.3 Å². The minimum atomic E-state index is -1.27. The largest absolute Gasteiger partial charge is 0.508 e. The van der Waals surface area contributed by atoms with Crippen molar-refractivity contribution >= 4 is 29.5 Å². The molecule has 1 fully saturated rings.